The van der Waals surface area contributed by atoms with Gasteiger partial charge < -0.3 is 14.1 Å². The SMILES string of the molecule is C=C(C)C(=O)OC(CN(C)C)C[N+](C)(C)Cc1ccccc1. The van der Waals surface area contributed by atoms with Crippen molar-refractivity contribution in [1.29, 1.82) is 0 Å². The molecule has 1 aromatic rings. The van der Waals surface area contributed by atoms with Gasteiger partial charge in [0.15, 0.2) is 6.10 Å². The van der Waals surface area contributed by atoms with Crippen molar-refractivity contribution in [2.45, 2.75) is 19.6 Å². The molecule has 0 spiro atoms. The molecule has 0 heterocycles. The van der Waals surface area contributed by atoms with Gasteiger partial charge in [-0.25, -0.2) is 4.79 Å². The number of ether oxygens (including phenoxy) is 1. The van der Waals surface area contributed by atoms with Gasteiger partial charge in [-0.2, -0.15) is 0 Å². The topological polar surface area (TPSA) is 29.5 Å². The Morgan fingerprint density at radius 3 is 2.36 bits per heavy atom. The Balaban J connectivity index is 2.73. The molecule has 0 radical (unpaired) electrons. The zero-order valence-corrected chi connectivity index (χ0v) is 14.5. The van der Waals surface area contributed by atoms with Crippen LogP contribution in [0.5, 0.6) is 0 Å². The highest BCUT2D eigenvalue weighted by Gasteiger charge is 2.26. The minimum atomic E-state index is -0.313. The van der Waals surface area contributed by atoms with Gasteiger partial charge >= 0.3 is 5.97 Å². The molecule has 122 valence electrons. The molecular weight excluding hydrogens is 276 g/mol. The minimum absolute atomic E-state index is 0.155. The van der Waals surface area contributed by atoms with Crippen molar-refractivity contribution in [2.24, 2.45) is 0 Å². The van der Waals surface area contributed by atoms with Crippen LogP contribution in [0, 0.1) is 0 Å². The lowest BCUT2D eigenvalue weighted by Gasteiger charge is -2.34. The lowest BCUT2D eigenvalue weighted by molar-refractivity contribution is -0.906. The molecule has 0 N–H and O–H groups in total. The molecule has 0 amide bonds. The van der Waals surface area contributed by atoms with Crippen molar-refractivity contribution in [3.05, 3.63) is 48.0 Å². The Morgan fingerprint density at radius 2 is 1.86 bits per heavy atom. The fraction of sp³-hybridized carbons (Fsp3) is 0.500. The van der Waals surface area contributed by atoms with Gasteiger partial charge in [0.1, 0.15) is 13.1 Å². The highest BCUT2D eigenvalue weighted by atomic mass is 16.5. The Morgan fingerprint density at radius 1 is 1.27 bits per heavy atom. The number of likely N-dealkylation sites (N-methyl/N-ethyl adjacent to an activating group) is 2. The van der Waals surface area contributed by atoms with E-state index >= 15 is 0 Å². The zero-order chi connectivity index (χ0) is 16.8. The summed E-state index contributed by atoms with van der Waals surface area (Å²) in [7, 11) is 8.28. The van der Waals surface area contributed by atoms with Crippen LogP contribution in [0.1, 0.15) is 12.5 Å². The Labute approximate surface area is 134 Å². The highest BCUT2D eigenvalue weighted by molar-refractivity contribution is 5.87. The molecule has 0 aliphatic rings. The number of esters is 1. The molecule has 0 bridgehead atoms. The molecule has 1 atom stereocenters. The maximum atomic E-state index is 11.8. The van der Waals surface area contributed by atoms with E-state index in [0.717, 1.165) is 17.6 Å². The van der Waals surface area contributed by atoms with Crippen LogP contribution in [-0.2, 0) is 16.1 Å². The first-order valence-electron chi connectivity index (χ1n) is 7.57. The molecule has 1 aromatic carbocycles. The molecule has 0 fully saturated rings. The van der Waals surface area contributed by atoms with Crippen LogP contribution in [0.3, 0.4) is 0 Å². The number of hydrogen-bond donors (Lipinski definition) is 0. The lowest BCUT2D eigenvalue weighted by Crippen LogP contribution is -2.48. The maximum Gasteiger partial charge on any atom is 0.333 e. The number of quaternary nitrogens is 1. The molecule has 0 saturated carbocycles. The number of rotatable bonds is 8. The Kier molecular flexibility index (Phi) is 6.78. The largest absolute Gasteiger partial charge is 0.452 e. The van der Waals surface area contributed by atoms with Crippen molar-refractivity contribution in [3.8, 4) is 0 Å². The van der Waals surface area contributed by atoms with Gasteiger partial charge in [-0.15, -0.1) is 0 Å². The normalized spacial score (nSPS) is 13.0. The van der Waals surface area contributed by atoms with Crippen LogP contribution in [0.4, 0.5) is 0 Å². The van der Waals surface area contributed by atoms with E-state index in [1.54, 1.807) is 6.92 Å². The second-order valence-electron chi connectivity index (χ2n) is 6.83. The molecule has 4 heteroatoms. The maximum absolute atomic E-state index is 11.8. The minimum Gasteiger partial charge on any atom is -0.452 e. The summed E-state index contributed by atoms with van der Waals surface area (Å²) < 4.78 is 6.36. The van der Waals surface area contributed by atoms with Crippen LogP contribution >= 0.6 is 0 Å². The van der Waals surface area contributed by atoms with Crippen LogP contribution in [0.15, 0.2) is 42.5 Å². The second-order valence-corrected chi connectivity index (χ2v) is 6.83. The van der Waals surface area contributed by atoms with Gasteiger partial charge in [0.05, 0.1) is 14.1 Å². The molecule has 0 saturated heterocycles. The average molecular weight is 305 g/mol. The fourth-order valence-corrected chi connectivity index (χ4v) is 2.48. The van der Waals surface area contributed by atoms with Gasteiger partial charge in [0.2, 0.25) is 0 Å². The summed E-state index contributed by atoms with van der Waals surface area (Å²) in [5, 5.41) is 0. The van der Waals surface area contributed by atoms with Crippen molar-refractivity contribution in [1.82, 2.24) is 4.90 Å². The standard InChI is InChI=1S/C18H29N2O2/c1-15(2)18(21)22-17(12-19(3)4)14-20(5,6)13-16-10-8-7-9-11-16/h7-11,17H,1,12-14H2,2-6H3/q+1. The number of carbonyl (C=O) groups is 1. The summed E-state index contributed by atoms with van der Waals surface area (Å²) in [6, 6.07) is 10.4. The first kappa shape index (κ1) is 18.4. The number of nitrogens with zero attached hydrogens (tertiary/aromatic N) is 2. The molecule has 0 aliphatic carbocycles. The van der Waals surface area contributed by atoms with Crippen molar-refractivity contribution < 1.29 is 14.0 Å². The summed E-state index contributed by atoms with van der Waals surface area (Å²) in [4.78, 5) is 13.9. The molecule has 22 heavy (non-hydrogen) atoms. The lowest BCUT2D eigenvalue weighted by atomic mass is 10.2. The number of carbonyl (C=O) groups excluding carboxylic acids is 1. The summed E-state index contributed by atoms with van der Waals surface area (Å²) in [5.74, 6) is -0.313. The fourth-order valence-electron chi connectivity index (χ4n) is 2.48. The third kappa shape index (κ3) is 6.87. The van der Waals surface area contributed by atoms with Crippen molar-refractivity contribution in [2.75, 3.05) is 41.3 Å². The zero-order valence-electron chi connectivity index (χ0n) is 14.5. The predicted octanol–water partition coefficient (Wildman–Crippen LogP) is 2.31. The summed E-state index contributed by atoms with van der Waals surface area (Å²) >= 11 is 0. The van der Waals surface area contributed by atoms with Gasteiger partial charge in [-0.05, 0) is 21.0 Å². The first-order chi connectivity index (χ1) is 10.2. The Hall–Kier alpha value is -1.65. The highest BCUT2D eigenvalue weighted by Crippen LogP contribution is 2.12. The van der Waals surface area contributed by atoms with Crippen molar-refractivity contribution >= 4 is 5.97 Å². The van der Waals surface area contributed by atoms with E-state index in [1.165, 1.54) is 5.56 Å². The quantitative estimate of drug-likeness (QED) is 0.419. The molecule has 4 nitrogen and oxygen atoms in total. The van der Waals surface area contributed by atoms with Crippen LogP contribution in [0.25, 0.3) is 0 Å². The molecule has 1 rings (SSSR count). The van der Waals surface area contributed by atoms with Crippen molar-refractivity contribution in [3.63, 3.8) is 0 Å². The summed E-state index contributed by atoms with van der Waals surface area (Å²) in [5.41, 5.74) is 1.72. The van der Waals surface area contributed by atoms with Gasteiger partial charge in [-0.3, -0.25) is 0 Å². The van der Waals surface area contributed by atoms with Crippen LogP contribution in [-0.4, -0.2) is 62.7 Å². The van der Waals surface area contributed by atoms with E-state index in [2.05, 4.69) is 32.8 Å². The smallest absolute Gasteiger partial charge is 0.333 e. The van der Waals surface area contributed by atoms with E-state index in [1.807, 2.05) is 37.2 Å². The van der Waals surface area contributed by atoms with Gasteiger partial charge in [0, 0.05) is 17.7 Å². The van der Waals surface area contributed by atoms with E-state index in [9.17, 15) is 4.79 Å². The molecule has 0 aliphatic heterocycles. The van der Waals surface area contributed by atoms with Gasteiger partial charge in [-0.1, -0.05) is 36.9 Å². The average Bonchev–Trinajstić information content (AvgIpc) is 2.37. The monoisotopic (exact) mass is 305 g/mol. The first-order valence-corrected chi connectivity index (χ1v) is 7.57. The Bertz CT molecular complexity index is 495. The third-order valence-corrected chi connectivity index (χ3v) is 3.34. The van der Waals surface area contributed by atoms with Crippen LogP contribution < -0.4 is 0 Å². The van der Waals surface area contributed by atoms with Crippen LogP contribution in [0.2, 0.25) is 0 Å². The number of benzene rings is 1. The third-order valence-electron chi connectivity index (χ3n) is 3.34. The van der Waals surface area contributed by atoms with Gasteiger partial charge in [0.25, 0.3) is 0 Å². The molecule has 1 unspecified atom stereocenters. The van der Waals surface area contributed by atoms with E-state index in [-0.39, 0.29) is 12.1 Å². The predicted molar refractivity (Wildman–Crippen MR) is 90.4 cm³/mol. The summed E-state index contributed by atoms with van der Waals surface area (Å²) in [6.07, 6.45) is -0.155. The molecular formula is C18H29N2O2+. The number of hydrogen-bond acceptors (Lipinski definition) is 3. The molecule has 0 aromatic heterocycles. The summed E-state index contributed by atoms with van der Waals surface area (Å²) in [6.45, 7) is 7.70. The van der Waals surface area contributed by atoms with E-state index < -0.39 is 0 Å². The van der Waals surface area contributed by atoms with E-state index in [0.29, 0.717) is 12.1 Å². The second kappa shape index (κ2) is 8.11. The van der Waals surface area contributed by atoms with E-state index in [4.69, 9.17) is 4.74 Å².